The predicted octanol–water partition coefficient (Wildman–Crippen LogP) is 5.43. The first-order valence-electron chi connectivity index (χ1n) is 8.72. The summed E-state index contributed by atoms with van der Waals surface area (Å²) in [5.74, 6) is -1.60. The molecule has 1 heterocycles. The second-order valence-corrected chi connectivity index (χ2v) is 8.17. The number of carbonyl (C=O) groups excluding carboxylic acids is 1. The summed E-state index contributed by atoms with van der Waals surface area (Å²) < 4.78 is 52.8. The number of hydrogen-bond donors (Lipinski definition) is 2. The fraction of sp³-hybridized carbons (Fsp3) is 0.368. The number of aromatic nitrogens is 1. The molecule has 1 unspecified atom stereocenters. The zero-order chi connectivity index (χ0) is 21.4. The molecule has 1 aliphatic rings. The monoisotopic (exact) mass is 494 g/mol. The third kappa shape index (κ3) is 4.73. The van der Waals surface area contributed by atoms with Crippen molar-refractivity contribution in [2.45, 2.75) is 43.5 Å². The molecule has 2 aromatic rings. The lowest BCUT2D eigenvalue weighted by Gasteiger charge is -2.34. The minimum atomic E-state index is -4.68. The molecule has 1 saturated carbocycles. The molecule has 0 saturated heterocycles. The smallest absolute Gasteiger partial charge is 0.387 e. The number of carbonyl (C=O) groups is 1. The minimum Gasteiger partial charge on any atom is -0.387 e. The third-order valence-corrected chi connectivity index (χ3v) is 5.93. The van der Waals surface area contributed by atoms with Crippen LogP contribution in [0.25, 0.3) is 0 Å². The maximum atomic E-state index is 13.9. The molecule has 1 aromatic heterocycles. The molecule has 4 nitrogen and oxygen atoms in total. The van der Waals surface area contributed by atoms with Gasteiger partial charge >= 0.3 is 6.18 Å². The zero-order valence-corrected chi connectivity index (χ0v) is 17.2. The summed E-state index contributed by atoms with van der Waals surface area (Å²) >= 11 is 8.71. The van der Waals surface area contributed by atoms with Crippen LogP contribution < -0.4 is 5.32 Å². The molecule has 156 valence electrons. The summed E-state index contributed by atoms with van der Waals surface area (Å²) in [7, 11) is 0. The third-order valence-electron chi connectivity index (χ3n) is 4.91. The normalized spacial score (nSPS) is 17.2. The Hall–Kier alpha value is -1.71. The largest absolute Gasteiger partial charge is 0.417 e. The van der Waals surface area contributed by atoms with Crippen molar-refractivity contribution in [1.82, 2.24) is 10.3 Å². The Balaban J connectivity index is 2.00. The highest BCUT2D eigenvalue weighted by Crippen LogP contribution is 2.41. The van der Waals surface area contributed by atoms with Crippen molar-refractivity contribution in [3.05, 3.63) is 62.6 Å². The molecule has 0 aliphatic heterocycles. The van der Waals surface area contributed by atoms with Gasteiger partial charge in [-0.05, 0) is 58.6 Å². The highest BCUT2D eigenvalue weighted by molar-refractivity contribution is 9.10. The van der Waals surface area contributed by atoms with Crippen molar-refractivity contribution in [2.24, 2.45) is 0 Å². The summed E-state index contributed by atoms with van der Waals surface area (Å²) in [6, 6.07) is 3.28. The van der Waals surface area contributed by atoms with Crippen LogP contribution in [0.2, 0.25) is 5.02 Å². The minimum absolute atomic E-state index is 0.0687. The Morgan fingerprint density at radius 1 is 1.28 bits per heavy atom. The number of halogens is 6. The van der Waals surface area contributed by atoms with Crippen LogP contribution in [0.4, 0.5) is 17.6 Å². The van der Waals surface area contributed by atoms with Crippen LogP contribution in [0.5, 0.6) is 0 Å². The van der Waals surface area contributed by atoms with Crippen molar-refractivity contribution in [3.8, 4) is 0 Å². The van der Waals surface area contributed by atoms with E-state index in [4.69, 9.17) is 11.6 Å². The summed E-state index contributed by atoms with van der Waals surface area (Å²) in [6.45, 7) is 0. The van der Waals surface area contributed by atoms with Gasteiger partial charge in [0.05, 0.1) is 21.7 Å². The van der Waals surface area contributed by atoms with Gasteiger partial charge in [-0.3, -0.25) is 4.79 Å². The molecule has 0 bridgehead atoms. The van der Waals surface area contributed by atoms with Gasteiger partial charge in [0.1, 0.15) is 11.5 Å². The number of nitrogens with one attached hydrogen (secondary N) is 1. The van der Waals surface area contributed by atoms with Crippen molar-refractivity contribution in [3.63, 3.8) is 0 Å². The van der Waals surface area contributed by atoms with E-state index in [0.717, 1.165) is 24.4 Å². The van der Waals surface area contributed by atoms with E-state index in [1.807, 2.05) is 0 Å². The number of alkyl halides is 3. The first-order valence-corrected chi connectivity index (χ1v) is 9.89. The number of aliphatic hydroxyl groups is 1. The maximum absolute atomic E-state index is 13.9. The van der Waals surface area contributed by atoms with E-state index in [1.54, 1.807) is 0 Å². The van der Waals surface area contributed by atoms with Gasteiger partial charge in [0, 0.05) is 11.2 Å². The fourth-order valence-corrected chi connectivity index (χ4v) is 4.44. The molecule has 1 amide bonds. The van der Waals surface area contributed by atoms with Gasteiger partial charge in [-0.15, -0.1) is 0 Å². The van der Waals surface area contributed by atoms with Gasteiger partial charge in [-0.25, -0.2) is 9.37 Å². The van der Waals surface area contributed by atoms with Crippen LogP contribution in [-0.4, -0.2) is 21.6 Å². The Kier molecular flexibility index (Phi) is 6.21. The van der Waals surface area contributed by atoms with E-state index < -0.39 is 45.3 Å². The van der Waals surface area contributed by atoms with Crippen molar-refractivity contribution in [1.29, 1.82) is 0 Å². The van der Waals surface area contributed by atoms with E-state index in [1.165, 1.54) is 6.07 Å². The molecule has 0 radical (unpaired) electrons. The molecule has 29 heavy (non-hydrogen) atoms. The zero-order valence-electron chi connectivity index (χ0n) is 14.9. The van der Waals surface area contributed by atoms with E-state index in [-0.39, 0.29) is 10.6 Å². The molecule has 3 rings (SSSR count). The molecule has 2 N–H and O–H groups in total. The van der Waals surface area contributed by atoms with E-state index >= 15 is 0 Å². The molecule has 0 spiro atoms. The summed E-state index contributed by atoms with van der Waals surface area (Å²) in [4.78, 5) is 16.5. The van der Waals surface area contributed by atoms with Gasteiger partial charge in [0.25, 0.3) is 5.91 Å². The van der Waals surface area contributed by atoms with Crippen molar-refractivity contribution >= 4 is 33.4 Å². The molecule has 1 atom stereocenters. The highest BCUT2D eigenvalue weighted by atomic mass is 79.9. The second-order valence-electron chi connectivity index (χ2n) is 6.94. The maximum Gasteiger partial charge on any atom is 0.417 e. The highest BCUT2D eigenvalue weighted by Gasteiger charge is 2.42. The van der Waals surface area contributed by atoms with Crippen LogP contribution in [0.1, 0.15) is 53.3 Å². The number of nitrogens with zero attached hydrogens (tertiary/aromatic N) is 1. The molecular formula is C19H16BrClF4N2O2. The number of pyridine rings is 1. The van der Waals surface area contributed by atoms with Gasteiger partial charge < -0.3 is 10.4 Å². The van der Waals surface area contributed by atoms with Gasteiger partial charge in [-0.2, -0.15) is 13.2 Å². The van der Waals surface area contributed by atoms with E-state index in [2.05, 4.69) is 26.2 Å². The van der Waals surface area contributed by atoms with E-state index in [0.29, 0.717) is 25.7 Å². The van der Waals surface area contributed by atoms with Crippen molar-refractivity contribution in [2.75, 3.05) is 0 Å². The SMILES string of the molecule is O=C(NC(c1cc(F)cc(Cl)c1)C1(O)CCCC1)c1nccc(C(F)(F)F)c1Br. The molecule has 1 aromatic carbocycles. The number of benzene rings is 1. The molecular weight excluding hydrogens is 480 g/mol. The Bertz CT molecular complexity index is 913. The molecule has 1 aliphatic carbocycles. The second kappa shape index (κ2) is 8.20. The van der Waals surface area contributed by atoms with Crippen LogP contribution in [0, 0.1) is 5.82 Å². The van der Waals surface area contributed by atoms with Crippen LogP contribution in [0.3, 0.4) is 0 Å². The first-order chi connectivity index (χ1) is 13.5. The summed E-state index contributed by atoms with van der Waals surface area (Å²) in [6.07, 6.45) is -1.75. The quantitative estimate of drug-likeness (QED) is 0.556. The first kappa shape index (κ1) is 22.0. The van der Waals surface area contributed by atoms with Gasteiger partial charge in [0.2, 0.25) is 0 Å². The summed E-state index contributed by atoms with van der Waals surface area (Å²) in [5, 5.41) is 13.6. The number of hydrogen-bond acceptors (Lipinski definition) is 3. The lowest BCUT2D eigenvalue weighted by molar-refractivity contribution is -0.138. The number of amides is 1. The van der Waals surface area contributed by atoms with Crippen LogP contribution >= 0.6 is 27.5 Å². The van der Waals surface area contributed by atoms with Gasteiger partial charge in [-0.1, -0.05) is 24.4 Å². The standard InChI is InChI=1S/C19H16BrClF4N2O2/c20-14-13(19(23,24)25)3-6-26-15(14)17(28)27-16(18(29)4-1-2-5-18)10-7-11(21)9-12(22)8-10/h3,6-9,16,29H,1-2,4-5H2,(H,27,28). The predicted molar refractivity (Wildman–Crippen MR) is 102 cm³/mol. The Labute approximate surface area is 177 Å². The lowest BCUT2D eigenvalue weighted by Crippen LogP contribution is -2.44. The Morgan fingerprint density at radius 2 is 1.93 bits per heavy atom. The fourth-order valence-electron chi connectivity index (χ4n) is 3.57. The average molecular weight is 496 g/mol. The topological polar surface area (TPSA) is 62.2 Å². The van der Waals surface area contributed by atoms with Crippen LogP contribution in [-0.2, 0) is 6.18 Å². The lowest BCUT2D eigenvalue weighted by atomic mass is 9.86. The summed E-state index contributed by atoms with van der Waals surface area (Å²) in [5.41, 5.74) is -2.71. The molecule has 1 fully saturated rings. The van der Waals surface area contributed by atoms with Gasteiger partial charge in [0.15, 0.2) is 0 Å². The van der Waals surface area contributed by atoms with E-state index in [9.17, 15) is 27.5 Å². The molecule has 10 heteroatoms. The Morgan fingerprint density at radius 3 is 2.52 bits per heavy atom. The average Bonchev–Trinajstić information content (AvgIpc) is 3.05. The number of rotatable bonds is 4. The van der Waals surface area contributed by atoms with Crippen LogP contribution in [0.15, 0.2) is 34.9 Å². The van der Waals surface area contributed by atoms with Crippen molar-refractivity contribution < 1.29 is 27.5 Å².